The average Bonchev–Trinajstić information content (AvgIpc) is 2.54. The molecule has 1 heterocycles. The number of aromatic nitrogens is 2. The zero-order valence-electron chi connectivity index (χ0n) is 10.3. The van der Waals surface area contributed by atoms with E-state index in [4.69, 9.17) is 0 Å². The minimum absolute atomic E-state index is 0.230. The van der Waals surface area contributed by atoms with Crippen LogP contribution in [0.5, 0.6) is 0 Å². The van der Waals surface area contributed by atoms with Gasteiger partial charge in [0.15, 0.2) is 0 Å². The molecule has 0 radical (unpaired) electrons. The molecule has 0 saturated carbocycles. The number of rotatable bonds is 6. The van der Waals surface area contributed by atoms with Gasteiger partial charge in [-0.2, -0.15) is 16.8 Å². The fourth-order valence-electron chi connectivity index (χ4n) is 1.55. The number of halogens is 2. The van der Waals surface area contributed by atoms with E-state index in [1.165, 1.54) is 19.4 Å². The van der Waals surface area contributed by atoms with E-state index in [-0.39, 0.29) is 6.54 Å². The molecule has 0 aliphatic carbocycles. The highest BCUT2D eigenvalue weighted by Gasteiger charge is 2.46. The number of unbranched alkanes of at least 4 members (excludes halogenated alkanes) is 1. The first-order chi connectivity index (χ1) is 8.59. The maximum absolute atomic E-state index is 13.0. The molecule has 0 aromatic carbocycles. The zero-order chi connectivity index (χ0) is 14.8. The summed E-state index contributed by atoms with van der Waals surface area (Å²) in [4.78, 5) is 0. The van der Waals surface area contributed by atoms with E-state index in [0.717, 1.165) is 15.6 Å². The summed E-state index contributed by atoms with van der Waals surface area (Å²) in [5, 5.41) is 0. The standard InChI is InChI=1S/C8H14F2N3O4S2/c1-3-4-5-12-7-6-11(2)8(12)13(18(9,14)15)19(10,16)17/h6-7H,3-5H2,1-2H3/q+1. The minimum Gasteiger partial charge on any atom is -0.236 e. The van der Waals surface area contributed by atoms with Gasteiger partial charge in [-0.1, -0.05) is 21.1 Å². The number of imidazole rings is 1. The van der Waals surface area contributed by atoms with Crippen LogP contribution in [-0.4, -0.2) is 21.4 Å². The smallest absolute Gasteiger partial charge is 0.236 e. The molecule has 7 nitrogen and oxygen atoms in total. The Balaban J connectivity index is 3.44. The van der Waals surface area contributed by atoms with Gasteiger partial charge >= 0.3 is 26.8 Å². The normalized spacial score (nSPS) is 12.6. The van der Waals surface area contributed by atoms with Crippen LogP contribution in [-0.2, 0) is 34.4 Å². The molecule has 11 heteroatoms. The molecule has 1 aromatic heterocycles. The van der Waals surface area contributed by atoms with E-state index < -0.39 is 30.5 Å². The molecule has 1 rings (SSSR count). The summed E-state index contributed by atoms with van der Waals surface area (Å²) in [5.41, 5.74) is 0. The fraction of sp³-hybridized carbons (Fsp3) is 0.625. The zero-order valence-corrected chi connectivity index (χ0v) is 12.0. The number of anilines is 1. The third-order valence-corrected chi connectivity index (χ3v) is 4.54. The Labute approximate surface area is 110 Å². The fourth-order valence-corrected chi connectivity index (χ4v) is 3.26. The van der Waals surface area contributed by atoms with Gasteiger partial charge in [0.05, 0.1) is 26.0 Å². The van der Waals surface area contributed by atoms with Gasteiger partial charge in [-0.25, -0.2) is 9.13 Å². The maximum atomic E-state index is 13.0. The lowest BCUT2D eigenvalue weighted by molar-refractivity contribution is -0.656. The Hall–Kier alpha value is -1.23. The van der Waals surface area contributed by atoms with Gasteiger partial charge in [0, 0.05) is 3.71 Å². The second kappa shape index (κ2) is 5.41. The summed E-state index contributed by atoms with van der Waals surface area (Å²) in [6.45, 7) is 2.09. The lowest BCUT2D eigenvalue weighted by Crippen LogP contribution is -2.43. The molecule has 0 aliphatic rings. The number of hydrogen-bond donors (Lipinski definition) is 0. The second-order valence-electron chi connectivity index (χ2n) is 3.84. The Bertz CT molecular complexity index is 622. The van der Waals surface area contributed by atoms with E-state index in [1.54, 1.807) is 0 Å². The molecule has 0 aliphatic heterocycles. The molecule has 0 bridgehead atoms. The molecule has 0 fully saturated rings. The van der Waals surface area contributed by atoms with Gasteiger partial charge in [-0.05, 0) is 6.42 Å². The van der Waals surface area contributed by atoms with E-state index in [9.17, 15) is 24.6 Å². The lowest BCUT2D eigenvalue weighted by atomic mass is 10.3. The van der Waals surface area contributed by atoms with Crippen molar-refractivity contribution >= 4 is 26.8 Å². The van der Waals surface area contributed by atoms with Crippen molar-refractivity contribution in [2.45, 2.75) is 26.3 Å². The van der Waals surface area contributed by atoms with Crippen molar-refractivity contribution in [3.8, 4) is 0 Å². The SMILES string of the molecule is CCCCn1cc[n+](C)c1N(S(=O)(=O)F)S(=O)(=O)F. The van der Waals surface area contributed by atoms with Crippen molar-refractivity contribution in [1.29, 1.82) is 0 Å². The summed E-state index contributed by atoms with van der Waals surface area (Å²) < 4.78 is 70.9. The van der Waals surface area contributed by atoms with Gasteiger partial charge in [0.1, 0.15) is 0 Å². The van der Waals surface area contributed by atoms with E-state index in [2.05, 4.69) is 0 Å². The topological polar surface area (TPSA) is 80.3 Å². The van der Waals surface area contributed by atoms with Crippen LogP contribution in [0.1, 0.15) is 19.8 Å². The Morgan fingerprint density at radius 2 is 1.79 bits per heavy atom. The molecule has 0 amide bonds. The van der Waals surface area contributed by atoms with E-state index in [1.807, 2.05) is 6.92 Å². The summed E-state index contributed by atoms with van der Waals surface area (Å²) in [5.74, 6) is -0.626. The van der Waals surface area contributed by atoms with Crippen molar-refractivity contribution in [3.05, 3.63) is 12.4 Å². The van der Waals surface area contributed by atoms with Gasteiger partial charge in [0.25, 0.3) is 0 Å². The summed E-state index contributed by atoms with van der Waals surface area (Å²) >= 11 is 0. The van der Waals surface area contributed by atoms with Crippen LogP contribution in [0.15, 0.2) is 12.4 Å². The first-order valence-electron chi connectivity index (χ1n) is 5.33. The van der Waals surface area contributed by atoms with Crippen molar-refractivity contribution < 1.29 is 29.2 Å². The van der Waals surface area contributed by atoms with E-state index >= 15 is 0 Å². The van der Waals surface area contributed by atoms with Crippen LogP contribution in [0.2, 0.25) is 0 Å². The van der Waals surface area contributed by atoms with Crippen LogP contribution >= 0.6 is 0 Å². The van der Waals surface area contributed by atoms with Crippen LogP contribution in [0.4, 0.5) is 13.7 Å². The third-order valence-electron chi connectivity index (χ3n) is 2.35. The van der Waals surface area contributed by atoms with Crippen LogP contribution in [0.25, 0.3) is 0 Å². The van der Waals surface area contributed by atoms with Gasteiger partial charge in [0.2, 0.25) is 0 Å². The summed E-state index contributed by atoms with van der Waals surface area (Å²) in [7, 11) is -10.3. The number of nitrogens with zero attached hydrogens (tertiary/aromatic N) is 3. The number of hydrogen-bond acceptors (Lipinski definition) is 4. The molecule has 0 unspecified atom stereocenters. The highest BCUT2D eigenvalue weighted by Crippen LogP contribution is 2.21. The highest BCUT2D eigenvalue weighted by atomic mass is 32.3. The molecule has 19 heavy (non-hydrogen) atoms. The number of aryl methyl sites for hydroxylation is 2. The molecule has 110 valence electrons. The van der Waals surface area contributed by atoms with Gasteiger partial charge in [-0.15, -0.1) is 0 Å². The van der Waals surface area contributed by atoms with Crippen LogP contribution in [0.3, 0.4) is 0 Å². The van der Waals surface area contributed by atoms with E-state index in [0.29, 0.717) is 6.42 Å². The first-order valence-corrected chi connectivity index (χ1v) is 8.01. The van der Waals surface area contributed by atoms with Crippen molar-refractivity contribution in [1.82, 2.24) is 4.57 Å². The molecule has 0 atom stereocenters. The molecule has 0 spiro atoms. The summed E-state index contributed by atoms with van der Waals surface area (Å²) in [6.07, 6.45) is 3.98. The molecule has 0 N–H and O–H groups in total. The van der Waals surface area contributed by atoms with Crippen LogP contribution in [0, 0.1) is 0 Å². The predicted octanol–water partition coefficient (Wildman–Crippen LogP) is 0.348. The minimum atomic E-state index is -5.79. The first kappa shape index (κ1) is 15.8. The lowest BCUT2D eigenvalue weighted by Gasteiger charge is -2.09. The predicted molar refractivity (Wildman–Crippen MR) is 63.1 cm³/mol. The van der Waals surface area contributed by atoms with Crippen molar-refractivity contribution in [2.75, 3.05) is 3.71 Å². The molecular weight excluding hydrogens is 304 g/mol. The Kier molecular flexibility index (Phi) is 4.50. The van der Waals surface area contributed by atoms with Crippen molar-refractivity contribution in [2.24, 2.45) is 7.05 Å². The molecule has 1 aromatic rings. The highest BCUT2D eigenvalue weighted by molar-refractivity contribution is 8.05. The third kappa shape index (κ3) is 3.62. The summed E-state index contributed by atoms with van der Waals surface area (Å²) in [6, 6.07) is 0. The second-order valence-corrected chi connectivity index (χ2v) is 6.45. The average molecular weight is 318 g/mol. The monoisotopic (exact) mass is 318 g/mol. The van der Waals surface area contributed by atoms with Gasteiger partial charge in [-0.3, -0.25) is 0 Å². The largest absolute Gasteiger partial charge is 0.469 e. The Morgan fingerprint density at radius 3 is 2.21 bits per heavy atom. The molecular formula is C8H14F2N3O4S2+. The van der Waals surface area contributed by atoms with Gasteiger partial charge < -0.3 is 0 Å². The quantitative estimate of drug-likeness (QED) is 0.560. The van der Waals surface area contributed by atoms with Crippen molar-refractivity contribution in [3.63, 3.8) is 0 Å². The Morgan fingerprint density at radius 1 is 1.26 bits per heavy atom. The molecule has 0 saturated heterocycles. The maximum Gasteiger partial charge on any atom is 0.469 e. The van der Waals surface area contributed by atoms with Crippen LogP contribution < -0.4 is 8.28 Å².